The van der Waals surface area contributed by atoms with E-state index in [0.717, 1.165) is 26.9 Å². The summed E-state index contributed by atoms with van der Waals surface area (Å²) in [6.45, 7) is 2.00. The second kappa shape index (κ2) is 10.2. The van der Waals surface area contributed by atoms with Crippen LogP contribution in [0.15, 0.2) is 64.5 Å². The number of anilines is 1. The molecule has 7 heteroatoms. The van der Waals surface area contributed by atoms with E-state index in [1.54, 1.807) is 20.1 Å². The molecule has 5 nitrogen and oxygen atoms in total. The number of ether oxygens (including phenoxy) is 2. The monoisotopic (exact) mass is 485 g/mol. The van der Waals surface area contributed by atoms with Gasteiger partial charge in [0.15, 0.2) is 0 Å². The quantitative estimate of drug-likeness (QED) is 0.328. The zero-order valence-electron chi connectivity index (χ0n) is 16.5. The molecule has 1 amide bonds. The number of thiophene rings is 1. The van der Waals surface area contributed by atoms with Crippen molar-refractivity contribution < 1.29 is 19.1 Å². The number of esters is 1. The van der Waals surface area contributed by atoms with E-state index in [1.807, 2.05) is 53.9 Å². The molecule has 0 aliphatic heterocycles. The third kappa shape index (κ3) is 5.37. The Morgan fingerprint density at radius 2 is 1.80 bits per heavy atom. The zero-order valence-corrected chi connectivity index (χ0v) is 18.9. The van der Waals surface area contributed by atoms with Crippen molar-refractivity contribution >= 4 is 50.2 Å². The topological polar surface area (TPSA) is 64.6 Å². The van der Waals surface area contributed by atoms with Gasteiger partial charge in [0.05, 0.1) is 13.7 Å². The molecular weight excluding hydrogens is 466 g/mol. The fraction of sp³-hybridized carbons (Fsp3) is 0.130. The maximum atomic E-state index is 12.6. The minimum atomic E-state index is -0.467. The fourth-order valence-corrected chi connectivity index (χ4v) is 3.96. The zero-order chi connectivity index (χ0) is 21.5. The van der Waals surface area contributed by atoms with E-state index in [9.17, 15) is 9.59 Å². The summed E-state index contributed by atoms with van der Waals surface area (Å²) in [5.74, 6) is -0.0542. The van der Waals surface area contributed by atoms with E-state index >= 15 is 0 Å². The van der Waals surface area contributed by atoms with Gasteiger partial charge in [-0.1, -0.05) is 40.2 Å². The van der Waals surface area contributed by atoms with Crippen LogP contribution in [0.2, 0.25) is 0 Å². The van der Waals surface area contributed by atoms with E-state index in [1.165, 1.54) is 17.4 Å². The molecule has 0 atom stereocenters. The van der Waals surface area contributed by atoms with E-state index in [2.05, 4.69) is 21.2 Å². The molecule has 0 fully saturated rings. The lowest BCUT2D eigenvalue weighted by atomic mass is 10.0. The molecule has 1 N–H and O–H groups in total. The number of halogens is 1. The first-order valence-corrected chi connectivity index (χ1v) is 10.9. The van der Waals surface area contributed by atoms with Crippen LogP contribution in [0.1, 0.15) is 22.8 Å². The second-order valence-corrected chi connectivity index (χ2v) is 7.97. The summed E-state index contributed by atoms with van der Waals surface area (Å²) in [5.41, 5.74) is 2.81. The van der Waals surface area contributed by atoms with Crippen molar-refractivity contribution in [2.24, 2.45) is 0 Å². The molecule has 0 saturated heterocycles. The fourth-order valence-electron chi connectivity index (χ4n) is 2.74. The van der Waals surface area contributed by atoms with Crippen molar-refractivity contribution in [3.05, 3.63) is 75.6 Å². The van der Waals surface area contributed by atoms with Gasteiger partial charge in [0.25, 0.3) is 0 Å². The standard InChI is InChI=1S/C23H20BrNO4S/c1-3-29-23(27)21-19(16-7-9-17(24)10-8-16)14-30-22(21)25-20(26)13-6-15-4-11-18(28-2)12-5-15/h4-14H,3H2,1-2H3,(H,25,26)/b13-6+. The van der Waals surface area contributed by atoms with Crippen molar-refractivity contribution in [3.8, 4) is 16.9 Å². The Labute approximate surface area is 187 Å². The van der Waals surface area contributed by atoms with Gasteiger partial charge in [0.1, 0.15) is 16.3 Å². The number of carbonyl (C=O) groups excluding carboxylic acids is 2. The third-order valence-electron chi connectivity index (χ3n) is 4.21. The SMILES string of the molecule is CCOC(=O)c1c(-c2ccc(Br)cc2)csc1NC(=O)/C=C/c1ccc(OC)cc1. The molecule has 0 bridgehead atoms. The number of rotatable bonds is 7. The van der Waals surface area contributed by atoms with Crippen LogP contribution in [-0.2, 0) is 9.53 Å². The number of methoxy groups -OCH3 is 1. The van der Waals surface area contributed by atoms with Crippen molar-refractivity contribution in [1.29, 1.82) is 0 Å². The molecule has 0 spiro atoms. The average molecular weight is 486 g/mol. The number of hydrogen-bond acceptors (Lipinski definition) is 5. The lowest BCUT2D eigenvalue weighted by Crippen LogP contribution is -2.12. The molecule has 1 aromatic heterocycles. The molecule has 154 valence electrons. The lowest BCUT2D eigenvalue weighted by molar-refractivity contribution is -0.111. The van der Waals surface area contributed by atoms with Crippen molar-refractivity contribution in [3.63, 3.8) is 0 Å². The Morgan fingerprint density at radius 1 is 1.10 bits per heavy atom. The molecule has 3 rings (SSSR count). The minimum Gasteiger partial charge on any atom is -0.497 e. The van der Waals surface area contributed by atoms with Crippen LogP contribution in [0.5, 0.6) is 5.75 Å². The van der Waals surface area contributed by atoms with E-state index in [0.29, 0.717) is 10.6 Å². The molecule has 0 aliphatic rings. The first-order chi connectivity index (χ1) is 14.5. The number of amides is 1. The molecule has 1 heterocycles. The number of carbonyl (C=O) groups is 2. The minimum absolute atomic E-state index is 0.249. The molecule has 0 aliphatic carbocycles. The van der Waals surface area contributed by atoms with Crippen molar-refractivity contribution in [2.75, 3.05) is 19.0 Å². The normalized spacial score (nSPS) is 10.8. The van der Waals surface area contributed by atoms with Crippen molar-refractivity contribution in [2.45, 2.75) is 6.92 Å². The predicted octanol–water partition coefficient (Wildman–Crippen LogP) is 6.01. The highest BCUT2D eigenvalue weighted by molar-refractivity contribution is 9.10. The largest absolute Gasteiger partial charge is 0.497 e. The van der Waals surface area contributed by atoms with Gasteiger partial charge in [-0.05, 0) is 48.4 Å². The summed E-state index contributed by atoms with van der Waals surface area (Å²) >= 11 is 4.70. The van der Waals surface area contributed by atoms with Gasteiger partial charge in [0.2, 0.25) is 5.91 Å². The Bertz CT molecular complexity index is 1060. The van der Waals surface area contributed by atoms with Crippen LogP contribution < -0.4 is 10.1 Å². The Kier molecular flexibility index (Phi) is 7.43. The second-order valence-electron chi connectivity index (χ2n) is 6.18. The molecule has 0 radical (unpaired) electrons. The van der Waals surface area contributed by atoms with Crippen LogP contribution in [0.25, 0.3) is 17.2 Å². The number of benzene rings is 2. The third-order valence-corrected chi connectivity index (χ3v) is 5.63. The summed E-state index contributed by atoms with van der Waals surface area (Å²) in [5, 5.41) is 5.10. The molecule has 3 aromatic rings. The summed E-state index contributed by atoms with van der Waals surface area (Å²) in [6, 6.07) is 15.0. The van der Waals surface area contributed by atoms with E-state index in [-0.39, 0.29) is 12.5 Å². The number of nitrogens with one attached hydrogen (secondary N) is 1. The van der Waals surface area contributed by atoms with Gasteiger partial charge in [-0.3, -0.25) is 4.79 Å². The van der Waals surface area contributed by atoms with Crippen LogP contribution in [0.3, 0.4) is 0 Å². The summed E-state index contributed by atoms with van der Waals surface area (Å²) in [6.07, 6.45) is 3.12. The van der Waals surface area contributed by atoms with Crippen LogP contribution in [0.4, 0.5) is 5.00 Å². The maximum absolute atomic E-state index is 12.6. The summed E-state index contributed by atoms with van der Waals surface area (Å²) in [7, 11) is 1.60. The van der Waals surface area contributed by atoms with E-state index in [4.69, 9.17) is 9.47 Å². The lowest BCUT2D eigenvalue weighted by Gasteiger charge is -2.08. The first-order valence-electron chi connectivity index (χ1n) is 9.19. The van der Waals surface area contributed by atoms with Crippen LogP contribution >= 0.6 is 27.3 Å². The predicted molar refractivity (Wildman–Crippen MR) is 124 cm³/mol. The Morgan fingerprint density at radius 3 is 2.43 bits per heavy atom. The van der Waals surface area contributed by atoms with Crippen molar-refractivity contribution in [1.82, 2.24) is 0 Å². The Hall–Kier alpha value is -2.90. The molecule has 2 aromatic carbocycles. The summed E-state index contributed by atoms with van der Waals surface area (Å²) < 4.78 is 11.3. The van der Waals surface area contributed by atoms with Gasteiger partial charge in [-0.25, -0.2) is 4.79 Å². The highest BCUT2D eigenvalue weighted by Crippen LogP contribution is 2.36. The molecule has 0 unspecified atom stereocenters. The molecular formula is C23H20BrNO4S. The van der Waals surface area contributed by atoms with Gasteiger partial charge in [-0.2, -0.15) is 0 Å². The van der Waals surface area contributed by atoms with E-state index < -0.39 is 5.97 Å². The first kappa shape index (κ1) is 21.8. The summed E-state index contributed by atoms with van der Waals surface area (Å²) in [4.78, 5) is 25.1. The highest BCUT2D eigenvalue weighted by Gasteiger charge is 2.22. The molecule has 30 heavy (non-hydrogen) atoms. The highest BCUT2D eigenvalue weighted by atomic mass is 79.9. The average Bonchev–Trinajstić information content (AvgIpc) is 3.17. The molecule has 0 saturated carbocycles. The van der Waals surface area contributed by atoms with Gasteiger partial charge >= 0.3 is 5.97 Å². The number of hydrogen-bond donors (Lipinski definition) is 1. The van der Waals surface area contributed by atoms with Crippen LogP contribution in [0, 0.1) is 0 Å². The smallest absolute Gasteiger partial charge is 0.341 e. The van der Waals surface area contributed by atoms with Gasteiger partial charge in [-0.15, -0.1) is 11.3 Å². The van der Waals surface area contributed by atoms with Gasteiger partial charge in [0, 0.05) is 21.5 Å². The Balaban J connectivity index is 1.83. The van der Waals surface area contributed by atoms with Gasteiger partial charge < -0.3 is 14.8 Å². The maximum Gasteiger partial charge on any atom is 0.341 e. The van der Waals surface area contributed by atoms with Crippen LogP contribution in [-0.4, -0.2) is 25.6 Å².